The van der Waals surface area contributed by atoms with Crippen LogP contribution >= 0.6 is 0 Å². The van der Waals surface area contributed by atoms with E-state index in [1.807, 2.05) is 39.8 Å². The molecule has 19 heavy (non-hydrogen) atoms. The molecule has 0 amide bonds. The second kappa shape index (κ2) is 11.1. The van der Waals surface area contributed by atoms with E-state index in [2.05, 4.69) is 23.1 Å². The van der Waals surface area contributed by atoms with Crippen molar-refractivity contribution in [2.75, 3.05) is 0 Å². The summed E-state index contributed by atoms with van der Waals surface area (Å²) in [6, 6.07) is 3.95. The molecule has 1 rings (SSSR count). The summed E-state index contributed by atoms with van der Waals surface area (Å²) >= 11 is 0. The van der Waals surface area contributed by atoms with Gasteiger partial charge in [-0.05, 0) is 13.8 Å². The summed E-state index contributed by atoms with van der Waals surface area (Å²) in [5.41, 5.74) is 3.63. The molecule has 0 aliphatic rings. The molecule has 0 unspecified atom stereocenters. The van der Waals surface area contributed by atoms with Crippen LogP contribution in [0.4, 0.5) is 11.4 Å². The monoisotopic (exact) mass is 258 g/mol. The summed E-state index contributed by atoms with van der Waals surface area (Å²) in [5.74, 6) is 0. The van der Waals surface area contributed by atoms with E-state index in [-0.39, 0.29) is 7.43 Å². The second-order valence-corrected chi connectivity index (χ2v) is 3.12. The molecule has 0 N–H and O–H groups in total. The highest BCUT2D eigenvalue weighted by molar-refractivity contribution is 5.86. The molecule has 0 saturated carbocycles. The Labute approximate surface area is 118 Å². The highest BCUT2D eigenvalue weighted by atomic mass is 14.8. The quantitative estimate of drug-likeness (QED) is 0.585. The molecule has 0 aromatic heterocycles. The maximum Gasteiger partial charge on any atom is 0.0960 e. The van der Waals surface area contributed by atoms with E-state index in [0.29, 0.717) is 0 Å². The highest BCUT2D eigenvalue weighted by Crippen LogP contribution is 2.36. The number of nitrogens with zero attached hydrogens (tertiary/aromatic N) is 2. The van der Waals surface area contributed by atoms with Crippen LogP contribution in [-0.2, 0) is 0 Å². The maximum atomic E-state index is 4.35. The number of hydrogen-bond acceptors (Lipinski definition) is 2. The Balaban J connectivity index is 0. The van der Waals surface area contributed by atoms with Crippen molar-refractivity contribution in [3.8, 4) is 0 Å². The lowest BCUT2D eigenvalue weighted by Gasteiger charge is -2.08. The summed E-state index contributed by atoms with van der Waals surface area (Å²) in [4.78, 5) is 8.69. The molecule has 1 aromatic carbocycles. The molecule has 1 aromatic rings. The number of benzene rings is 1. The van der Waals surface area contributed by atoms with Crippen molar-refractivity contribution in [3.63, 3.8) is 0 Å². The number of aliphatic imine (C=N–C) groups is 2. The van der Waals surface area contributed by atoms with Gasteiger partial charge in [0.25, 0.3) is 0 Å². The molecule has 0 heterocycles. The molecule has 0 aliphatic carbocycles. The van der Waals surface area contributed by atoms with Gasteiger partial charge in [-0.2, -0.15) is 0 Å². The largest absolute Gasteiger partial charge is 0.259 e. The van der Waals surface area contributed by atoms with Gasteiger partial charge in [0.2, 0.25) is 0 Å². The average molecular weight is 258 g/mol. The van der Waals surface area contributed by atoms with Gasteiger partial charge < -0.3 is 0 Å². The fraction of sp³-hybridized carbons (Fsp3) is 0.294. The molecule has 0 saturated heterocycles. The van der Waals surface area contributed by atoms with E-state index in [4.69, 9.17) is 0 Å². The molecule has 0 spiro atoms. The van der Waals surface area contributed by atoms with Gasteiger partial charge in [0.1, 0.15) is 0 Å². The van der Waals surface area contributed by atoms with Crippen LogP contribution in [0, 0.1) is 0 Å². The van der Waals surface area contributed by atoms with E-state index >= 15 is 0 Å². The molecule has 104 valence electrons. The van der Waals surface area contributed by atoms with E-state index < -0.39 is 0 Å². The number of hydrogen-bond donors (Lipinski definition) is 0. The van der Waals surface area contributed by atoms with Gasteiger partial charge >= 0.3 is 0 Å². The predicted molar refractivity (Wildman–Crippen MR) is 92.4 cm³/mol. The topological polar surface area (TPSA) is 24.7 Å². The predicted octanol–water partition coefficient (Wildman–Crippen LogP) is 6.08. The normalized spacial score (nSPS) is 9.68. The Morgan fingerprint density at radius 3 is 1.37 bits per heavy atom. The molecule has 0 fully saturated rings. The zero-order chi connectivity index (χ0) is 14.0. The minimum absolute atomic E-state index is 0. The van der Waals surface area contributed by atoms with Crippen LogP contribution in [0.3, 0.4) is 0 Å². The van der Waals surface area contributed by atoms with E-state index in [9.17, 15) is 0 Å². The second-order valence-electron chi connectivity index (χ2n) is 3.12. The van der Waals surface area contributed by atoms with E-state index in [0.717, 1.165) is 22.5 Å². The number of rotatable bonds is 4. The third-order valence-electron chi connectivity index (χ3n) is 2.17. The summed E-state index contributed by atoms with van der Waals surface area (Å²) in [6.07, 6.45) is 7.07. The molecule has 2 nitrogen and oxygen atoms in total. The van der Waals surface area contributed by atoms with Crippen molar-refractivity contribution in [1.82, 2.24) is 0 Å². The van der Waals surface area contributed by atoms with Gasteiger partial charge in [0.05, 0.1) is 11.4 Å². The van der Waals surface area contributed by atoms with Gasteiger partial charge in [-0.15, -0.1) is 0 Å². The van der Waals surface area contributed by atoms with Crippen molar-refractivity contribution in [2.24, 2.45) is 9.98 Å². The molecule has 2 heteroatoms. The van der Waals surface area contributed by atoms with E-state index in [1.165, 1.54) is 0 Å². The van der Waals surface area contributed by atoms with Gasteiger partial charge in [0.15, 0.2) is 0 Å². The van der Waals surface area contributed by atoms with Crippen molar-refractivity contribution in [2.45, 2.75) is 35.1 Å². The lowest BCUT2D eigenvalue weighted by atomic mass is 10.1. The highest BCUT2D eigenvalue weighted by Gasteiger charge is 2.07. The minimum atomic E-state index is 0. The lowest BCUT2D eigenvalue weighted by molar-refractivity contribution is 1.42. The summed E-state index contributed by atoms with van der Waals surface area (Å²) in [5, 5.41) is 0. The lowest BCUT2D eigenvalue weighted by Crippen LogP contribution is -1.82. The fourth-order valence-electron chi connectivity index (χ4n) is 1.47. The van der Waals surface area contributed by atoms with Crippen LogP contribution in [0.15, 0.2) is 35.3 Å². The summed E-state index contributed by atoms with van der Waals surface area (Å²) in [7, 11) is 0. The van der Waals surface area contributed by atoms with Crippen LogP contribution in [-0.4, -0.2) is 12.4 Å². The zero-order valence-corrected chi connectivity index (χ0v) is 11.8. The Morgan fingerprint density at radius 2 is 1.16 bits per heavy atom. The first-order valence-corrected chi connectivity index (χ1v) is 6.17. The van der Waals surface area contributed by atoms with Crippen molar-refractivity contribution < 1.29 is 0 Å². The molecule has 0 atom stereocenters. The Bertz CT molecular complexity index is 412. The van der Waals surface area contributed by atoms with Gasteiger partial charge in [-0.3, -0.25) is 9.98 Å². The van der Waals surface area contributed by atoms with Gasteiger partial charge in [0, 0.05) is 23.6 Å². The fourth-order valence-corrected chi connectivity index (χ4v) is 1.47. The smallest absolute Gasteiger partial charge is 0.0960 e. The van der Waals surface area contributed by atoms with Crippen LogP contribution in [0.25, 0.3) is 12.2 Å². The van der Waals surface area contributed by atoms with E-state index in [1.54, 1.807) is 24.6 Å². The third-order valence-corrected chi connectivity index (χ3v) is 2.17. The average Bonchev–Trinajstić information content (AvgIpc) is 2.43. The van der Waals surface area contributed by atoms with Crippen molar-refractivity contribution >= 4 is 36.0 Å². The van der Waals surface area contributed by atoms with Crippen molar-refractivity contribution in [1.29, 1.82) is 0 Å². The first kappa shape index (κ1) is 19.4. The van der Waals surface area contributed by atoms with Crippen LogP contribution < -0.4 is 0 Å². The Kier molecular flexibility index (Phi) is 11.4. The van der Waals surface area contributed by atoms with Crippen molar-refractivity contribution in [3.05, 3.63) is 36.4 Å². The van der Waals surface area contributed by atoms with Gasteiger partial charge in [-0.25, -0.2) is 0 Å². The molecule has 0 aliphatic heterocycles. The molecule has 0 radical (unpaired) electrons. The zero-order valence-electron chi connectivity index (χ0n) is 11.8. The Morgan fingerprint density at radius 1 is 0.842 bits per heavy atom. The molecule has 0 bridgehead atoms. The first-order valence-electron chi connectivity index (χ1n) is 6.17. The molecular formula is C17H26N2. The standard InChI is InChI=1S/C14H16N2.C2H6.CH4/c1-5-11-9-10-12(6-2)14(16-8-4)13(11)15-7-3;1-2;/h5-10H,1-2H2,3-4H3;1-2H3;1H4. The van der Waals surface area contributed by atoms with Crippen LogP contribution in [0.2, 0.25) is 0 Å². The summed E-state index contributed by atoms with van der Waals surface area (Å²) in [6.45, 7) is 15.3. The SMILES string of the molecule is C.C=Cc1ccc(C=C)c(N=CC)c1N=CC.CC. The minimum Gasteiger partial charge on any atom is -0.259 e. The van der Waals surface area contributed by atoms with Crippen LogP contribution in [0.5, 0.6) is 0 Å². The van der Waals surface area contributed by atoms with Crippen LogP contribution in [0.1, 0.15) is 46.2 Å². The van der Waals surface area contributed by atoms with Gasteiger partial charge in [-0.1, -0.05) is 58.7 Å². The maximum absolute atomic E-state index is 4.35. The third kappa shape index (κ3) is 5.04. The Hall–Kier alpha value is -1.96. The first-order chi connectivity index (χ1) is 8.78. The molecular weight excluding hydrogens is 232 g/mol. The summed E-state index contributed by atoms with van der Waals surface area (Å²) < 4.78 is 0.